The number of amides is 2. The van der Waals surface area contributed by atoms with Gasteiger partial charge in [-0.1, -0.05) is 47.7 Å². The number of alkyl halides is 3. The van der Waals surface area contributed by atoms with Gasteiger partial charge in [0.05, 0.1) is 48.7 Å². The second-order valence-corrected chi connectivity index (χ2v) is 11.8. The number of ether oxygens (including phenoxy) is 1. The lowest BCUT2D eigenvalue weighted by Gasteiger charge is -2.22. The first-order valence-electron chi connectivity index (χ1n) is 14.8. The van der Waals surface area contributed by atoms with Gasteiger partial charge in [0.15, 0.2) is 16.7 Å². The van der Waals surface area contributed by atoms with Crippen molar-refractivity contribution in [1.82, 2.24) is 25.1 Å². The third-order valence-electron chi connectivity index (χ3n) is 7.66. The summed E-state index contributed by atoms with van der Waals surface area (Å²) >= 11 is 1.00. The molecule has 10 nitrogen and oxygen atoms in total. The number of furan rings is 1. The molecule has 48 heavy (non-hydrogen) atoms. The van der Waals surface area contributed by atoms with Gasteiger partial charge in [-0.25, -0.2) is 5.01 Å². The predicted octanol–water partition coefficient (Wildman–Crippen LogP) is 6.60. The Labute approximate surface area is 277 Å². The van der Waals surface area contributed by atoms with Crippen LogP contribution in [0.5, 0.6) is 5.75 Å². The van der Waals surface area contributed by atoms with E-state index in [1.54, 1.807) is 13.2 Å². The van der Waals surface area contributed by atoms with Gasteiger partial charge >= 0.3 is 6.18 Å². The lowest BCUT2D eigenvalue weighted by molar-refractivity contribution is -0.137. The van der Waals surface area contributed by atoms with E-state index in [1.807, 2.05) is 55.5 Å². The van der Waals surface area contributed by atoms with Gasteiger partial charge in [-0.15, -0.1) is 10.2 Å². The summed E-state index contributed by atoms with van der Waals surface area (Å²) in [6.45, 7) is 1.81. The number of nitrogens with one attached hydrogen (secondary N) is 1. The first-order valence-corrected chi connectivity index (χ1v) is 15.8. The Morgan fingerprint density at radius 1 is 1.02 bits per heavy atom. The van der Waals surface area contributed by atoms with Crippen molar-refractivity contribution in [2.75, 3.05) is 12.9 Å². The fourth-order valence-corrected chi connectivity index (χ4v) is 6.01. The summed E-state index contributed by atoms with van der Waals surface area (Å²) in [4.78, 5) is 26.4. The Balaban J connectivity index is 1.28. The van der Waals surface area contributed by atoms with Crippen LogP contribution >= 0.6 is 11.8 Å². The van der Waals surface area contributed by atoms with Crippen molar-refractivity contribution in [3.05, 3.63) is 125 Å². The second kappa shape index (κ2) is 13.8. The van der Waals surface area contributed by atoms with Crippen LogP contribution in [0.15, 0.2) is 106 Å². The molecule has 3 aromatic carbocycles. The summed E-state index contributed by atoms with van der Waals surface area (Å²) in [5.74, 6) is -0.102. The third-order valence-corrected chi connectivity index (χ3v) is 8.57. The minimum atomic E-state index is -4.60. The second-order valence-electron chi connectivity index (χ2n) is 10.9. The number of rotatable bonds is 10. The lowest BCUT2D eigenvalue weighted by Crippen LogP contribution is -2.28. The largest absolute Gasteiger partial charge is 0.497 e. The van der Waals surface area contributed by atoms with Crippen LogP contribution in [0.25, 0.3) is 5.69 Å². The smallest absolute Gasteiger partial charge is 0.416 e. The Morgan fingerprint density at radius 3 is 2.48 bits per heavy atom. The highest BCUT2D eigenvalue weighted by atomic mass is 32.2. The molecule has 1 aliphatic heterocycles. The molecule has 2 aromatic heterocycles. The van der Waals surface area contributed by atoms with Crippen molar-refractivity contribution in [3.8, 4) is 11.4 Å². The first-order chi connectivity index (χ1) is 23.1. The summed E-state index contributed by atoms with van der Waals surface area (Å²) < 4.78 is 52.8. The molecule has 1 aliphatic rings. The molecule has 0 saturated heterocycles. The van der Waals surface area contributed by atoms with E-state index in [1.165, 1.54) is 34.0 Å². The standard InChI is InChI=1S/C34H29F3N6O4S/c1-21-8-10-23(11-9-21)28-18-27(22-12-14-26(46-2)15-13-22)41-43(28)31(44)20-48-33-40-39-30(19-38-32(45)29-7-4-16-47-29)42(33)25-6-3-5-24(17-25)34(35,36)37/h3-17,28H,18-20H2,1-2H3,(H,38,45)/t28-/m1/s1. The molecule has 14 heteroatoms. The van der Waals surface area contributed by atoms with Crippen LogP contribution in [0.4, 0.5) is 13.2 Å². The number of benzene rings is 3. The number of hydrazone groups is 1. The number of nitrogens with zero attached hydrogens (tertiary/aromatic N) is 5. The molecule has 1 N–H and O–H groups in total. The Hall–Kier alpha value is -5.37. The van der Waals surface area contributed by atoms with Crippen LogP contribution < -0.4 is 10.1 Å². The highest BCUT2D eigenvalue weighted by molar-refractivity contribution is 7.99. The fraction of sp³-hybridized carbons (Fsp3) is 0.206. The van der Waals surface area contributed by atoms with Crippen LogP contribution in [-0.4, -0.2) is 50.2 Å². The first kappa shape index (κ1) is 32.6. The topological polar surface area (TPSA) is 115 Å². The van der Waals surface area contributed by atoms with E-state index in [-0.39, 0.29) is 46.7 Å². The van der Waals surface area contributed by atoms with E-state index in [4.69, 9.17) is 14.3 Å². The lowest BCUT2D eigenvalue weighted by atomic mass is 9.97. The quantitative estimate of drug-likeness (QED) is 0.166. The average molecular weight is 675 g/mol. The van der Waals surface area contributed by atoms with Crippen molar-refractivity contribution < 1.29 is 31.9 Å². The normalized spacial score (nSPS) is 14.6. The van der Waals surface area contributed by atoms with Crippen molar-refractivity contribution in [2.24, 2.45) is 5.10 Å². The number of hydrogen-bond acceptors (Lipinski definition) is 8. The molecule has 1 atom stereocenters. The summed E-state index contributed by atoms with van der Waals surface area (Å²) in [7, 11) is 1.58. The van der Waals surface area contributed by atoms with Gasteiger partial charge in [-0.3, -0.25) is 14.2 Å². The van der Waals surface area contributed by atoms with Gasteiger partial charge < -0.3 is 14.5 Å². The van der Waals surface area contributed by atoms with Gasteiger partial charge in [0, 0.05) is 6.42 Å². The Morgan fingerprint density at radius 2 is 1.79 bits per heavy atom. The molecule has 0 fully saturated rings. The molecule has 246 valence electrons. The van der Waals surface area contributed by atoms with Crippen molar-refractivity contribution in [1.29, 1.82) is 0 Å². The highest BCUT2D eigenvalue weighted by Crippen LogP contribution is 2.35. The molecule has 0 saturated carbocycles. The van der Waals surface area contributed by atoms with E-state index in [2.05, 4.69) is 15.5 Å². The number of carbonyl (C=O) groups excluding carboxylic acids is 2. The van der Waals surface area contributed by atoms with Crippen LogP contribution in [0, 0.1) is 6.92 Å². The number of halogens is 3. The minimum Gasteiger partial charge on any atom is -0.497 e. The maximum absolute atomic E-state index is 13.8. The summed E-state index contributed by atoms with van der Waals surface area (Å²) in [5.41, 5.74) is 2.81. The molecule has 3 heterocycles. The zero-order chi connectivity index (χ0) is 33.8. The molecule has 2 amide bonds. The molecular formula is C34H29F3N6O4S. The molecular weight excluding hydrogens is 645 g/mol. The van der Waals surface area contributed by atoms with E-state index in [9.17, 15) is 22.8 Å². The number of carbonyl (C=O) groups is 2. The summed E-state index contributed by atoms with van der Waals surface area (Å²) in [5, 5.41) is 17.3. The van der Waals surface area contributed by atoms with Crippen LogP contribution in [-0.2, 0) is 17.5 Å². The molecule has 0 aliphatic carbocycles. The van der Waals surface area contributed by atoms with Crippen molar-refractivity contribution in [2.45, 2.75) is 37.3 Å². The van der Waals surface area contributed by atoms with Crippen LogP contribution in [0.2, 0.25) is 0 Å². The molecule has 5 aromatic rings. The Kier molecular flexibility index (Phi) is 9.35. The van der Waals surface area contributed by atoms with Crippen LogP contribution in [0.3, 0.4) is 0 Å². The van der Waals surface area contributed by atoms with E-state index in [0.717, 1.165) is 46.3 Å². The number of thioether (sulfide) groups is 1. The predicted molar refractivity (Wildman–Crippen MR) is 172 cm³/mol. The molecule has 6 rings (SSSR count). The number of methoxy groups -OCH3 is 1. The Bertz CT molecular complexity index is 1940. The van der Waals surface area contributed by atoms with Gasteiger partial charge in [0.2, 0.25) is 0 Å². The fourth-order valence-electron chi connectivity index (χ4n) is 5.18. The SMILES string of the molecule is COc1ccc(C2=NN(C(=O)CSc3nnc(CNC(=O)c4ccco4)n3-c3cccc(C(F)(F)F)c3)[C@@H](c3ccc(C)cc3)C2)cc1. The van der Waals surface area contributed by atoms with Gasteiger partial charge in [0.1, 0.15) is 5.75 Å². The van der Waals surface area contributed by atoms with E-state index >= 15 is 0 Å². The number of hydrogen-bond donors (Lipinski definition) is 1. The van der Waals surface area contributed by atoms with Gasteiger partial charge in [-0.2, -0.15) is 18.3 Å². The zero-order valence-corrected chi connectivity index (χ0v) is 26.6. The molecule has 0 unspecified atom stereocenters. The van der Waals surface area contributed by atoms with E-state index < -0.39 is 17.6 Å². The monoisotopic (exact) mass is 674 g/mol. The maximum Gasteiger partial charge on any atom is 0.416 e. The molecule has 0 radical (unpaired) electrons. The third kappa shape index (κ3) is 7.13. The molecule has 0 spiro atoms. The van der Waals surface area contributed by atoms with Crippen molar-refractivity contribution >= 4 is 29.3 Å². The summed E-state index contributed by atoms with van der Waals surface area (Å²) in [6.07, 6.45) is -2.77. The highest BCUT2D eigenvalue weighted by Gasteiger charge is 2.34. The van der Waals surface area contributed by atoms with Gasteiger partial charge in [0.25, 0.3) is 11.8 Å². The molecule has 0 bridgehead atoms. The maximum atomic E-state index is 13.8. The minimum absolute atomic E-state index is 0.0589. The van der Waals surface area contributed by atoms with Crippen LogP contribution in [0.1, 0.15) is 51.1 Å². The number of aromatic nitrogens is 3. The zero-order valence-electron chi connectivity index (χ0n) is 25.8. The van der Waals surface area contributed by atoms with E-state index in [0.29, 0.717) is 12.2 Å². The van der Waals surface area contributed by atoms with Crippen molar-refractivity contribution in [3.63, 3.8) is 0 Å². The summed E-state index contributed by atoms with van der Waals surface area (Å²) in [6, 6.07) is 22.6. The average Bonchev–Trinajstić information content (AvgIpc) is 3.87. The van der Waals surface area contributed by atoms with Gasteiger partial charge in [-0.05, 0) is 72.6 Å². The number of aryl methyl sites for hydroxylation is 1.